The molecule has 3 aromatic rings. The minimum absolute atomic E-state index is 0.0802. The second-order valence-corrected chi connectivity index (χ2v) is 5.47. The number of rotatable bonds is 5. The van der Waals surface area contributed by atoms with E-state index in [9.17, 15) is 4.79 Å². The number of hydrogen-bond donors (Lipinski definition) is 1. The summed E-state index contributed by atoms with van der Waals surface area (Å²) >= 11 is 0. The van der Waals surface area contributed by atoms with Crippen LogP contribution < -0.4 is 5.32 Å². The smallest absolute Gasteiger partial charge is 0.187 e. The van der Waals surface area contributed by atoms with E-state index >= 15 is 0 Å². The van der Waals surface area contributed by atoms with Gasteiger partial charge in [0.1, 0.15) is 0 Å². The number of nitrogens with zero attached hydrogens (tertiary/aromatic N) is 1. The Bertz CT molecular complexity index is 921. The van der Waals surface area contributed by atoms with Crippen LogP contribution in [0.25, 0.3) is 5.70 Å². The number of allylic oxidation sites excluding steroid dienone is 1. The highest BCUT2D eigenvalue weighted by Gasteiger charge is 2.08. The van der Waals surface area contributed by atoms with E-state index in [0.29, 0.717) is 16.8 Å². The lowest BCUT2D eigenvalue weighted by Gasteiger charge is -2.12. The highest BCUT2D eigenvalue weighted by molar-refractivity contribution is 6.09. The average molecular weight is 324 g/mol. The Hall–Kier alpha value is -3.64. The molecule has 0 aliphatic heterocycles. The van der Waals surface area contributed by atoms with Gasteiger partial charge in [-0.15, -0.1) is 0 Å². The number of carbonyl (C=O) groups is 1. The highest BCUT2D eigenvalue weighted by Crippen LogP contribution is 2.20. The topological polar surface area (TPSA) is 52.9 Å². The molecule has 3 rings (SSSR count). The first-order chi connectivity index (χ1) is 12.3. The first-order valence-electron chi connectivity index (χ1n) is 7.90. The molecule has 0 fully saturated rings. The van der Waals surface area contributed by atoms with Crippen LogP contribution >= 0.6 is 0 Å². The van der Waals surface area contributed by atoms with Crippen LogP contribution in [0.3, 0.4) is 0 Å². The van der Waals surface area contributed by atoms with Crippen molar-refractivity contribution >= 4 is 17.2 Å². The molecule has 1 N–H and O–H groups in total. The molecule has 3 nitrogen and oxygen atoms in total. The lowest BCUT2D eigenvalue weighted by molar-refractivity contribution is 0.104. The normalized spacial score (nSPS) is 10.8. The van der Waals surface area contributed by atoms with Crippen molar-refractivity contribution in [2.75, 3.05) is 5.32 Å². The molecule has 0 spiro atoms. The lowest BCUT2D eigenvalue weighted by Crippen LogP contribution is -2.03. The van der Waals surface area contributed by atoms with E-state index in [4.69, 9.17) is 5.26 Å². The van der Waals surface area contributed by atoms with Gasteiger partial charge in [-0.05, 0) is 29.8 Å². The predicted octanol–water partition coefficient (Wildman–Crippen LogP) is 4.89. The largest absolute Gasteiger partial charge is 0.355 e. The molecule has 0 aromatic heterocycles. The Kier molecular flexibility index (Phi) is 5.04. The van der Waals surface area contributed by atoms with E-state index in [2.05, 4.69) is 11.4 Å². The van der Waals surface area contributed by atoms with Crippen molar-refractivity contribution in [3.05, 3.63) is 108 Å². The van der Waals surface area contributed by atoms with Crippen LogP contribution in [0.2, 0.25) is 0 Å². The third-order valence-electron chi connectivity index (χ3n) is 3.71. The van der Waals surface area contributed by atoms with Crippen molar-refractivity contribution in [2.45, 2.75) is 0 Å². The lowest BCUT2D eigenvalue weighted by atomic mass is 10.0. The molecule has 120 valence electrons. The van der Waals surface area contributed by atoms with Gasteiger partial charge in [0, 0.05) is 23.0 Å². The molecule has 0 atom stereocenters. The van der Waals surface area contributed by atoms with Crippen LogP contribution in [0.4, 0.5) is 5.69 Å². The van der Waals surface area contributed by atoms with Gasteiger partial charge in [-0.1, -0.05) is 60.7 Å². The summed E-state index contributed by atoms with van der Waals surface area (Å²) in [6.45, 7) is 0. The van der Waals surface area contributed by atoms with Crippen molar-refractivity contribution in [2.24, 2.45) is 0 Å². The molecule has 0 saturated heterocycles. The maximum atomic E-state index is 12.6. The number of carbonyl (C=O) groups excluding carboxylic acids is 1. The Morgan fingerprint density at radius 3 is 2.00 bits per heavy atom. The average Bonchev–Trinajstić information content (AvgIpc) is 2.69. The molecular weight excluding hydrogens is 308 g/mol. The van der Waals surface area contributed by atoms with Gasteiger partial charge in [0.05, 0.1) is 11.6 Å². The van der Waals surface area contributed by atoms with E-state index in [1.54, 1.807) is 30.3 Å². The van der Waals surface area contributed by atoms with Crippen LogP contribution in [0, 0.1) is 11.3 Å². The maximum Gasteiger partial charge on any atom is 0.187 e. The monoisotopic (exact) mass is 324 g/mol. The highest BCUT2D eigenvalue weighted by atomic mass is 16.1. The first-order valence-corrected chi connectivity index (χ1v) is 7.90. The molecule has 0 aliphatic rings. The van der Waals surface area contributed by atoms with Crippen LogP contribution in [-0.4, -0.2) is 5.78 Å². The summed E-state index contributed by atoms with van der Waals surface area (Å²) in [5.74, 6) is -0.0802. The first kappa shape index (κ1) is 16.2. The maximum absolute atomic E-state index is 12.6. The molecule has 0 amide bonds. The zero-order chi connectivity index (χ0) is 17.5. The molecule has 0 saturated carbocycles. The molecule has 0 aliphatic carbocycles. The van der Waals surface area contributed by atoms with Crippen molar-refractivity contribution < 1.29 is 4.79 Å². The standard InChI is InChI=1S/C22H16N2O/c23-16-17-11-13-18(14-12-17)21(24-20-9-5-2-6-10-20)15-22(25)19-7-3-1-4-8-19/h1-15,24H/b21-15-. The summed E-state index contributed by atoms with van der Waals surface area (Å²) in [6.07, 6.45) is 1.59. The fourth-order valence-electron chi connectivity index (χ4n) is 2.41. The van der Waals surface area contributed by atoms with Crippen molar-refractivity contribution in [3.63, 3.8) is 0 Å². The SMILES string of the molecule is N#Cc1ccc(/C(=C/C(=O)c2ccccc2)Nc2ccccc2)cc1. The van der Waals surface area contributed by atoms with Crippen LogP contribution in [-0.2, 0) is 0 Å². The summed E-state index contributed by atoms with van der Waals surface area (Å²) in [6, 6.07) is 28.0. The summed E-state index contributed by atoms with van der Waals surface area (Å²) < 4.78 is 0. The Morgan fingerprint density at radius 2 is 1.40 bits per heavy atom. The number of anilines is 1. The van der Waals surface area contributed by atoms with Crippen molar-refractivity contribution in [1.29, 1.82) is 5.26 Å². The van der Waals surface area contributed by atoms with Crippen LogP contribution in [0.1, 0.15) is 21.5 Å². The Morgan fingerprint density at radius 1 is 0.800 bits per heavy atom. The third kappa shape index (κ3) is 4.21. The van der Waals surface area contributed by atoms with E-state index in [-0.39, 0.29) is 5.78 Å². The van der Waals surface area contributed by atoms with E-state index < -0.39 is 0 Å². The van der Waals surface area contributed by atoms with E-state index in [0.717, 1.165) is 11.3 Å². The number of para-hydroxylation sites is 1. The van der Waals surface area contributed by atoms with Gasteiger partial charge >= 0.3 is 0 Å². The quantitative estimate of drug-likeness (QED) is 0.537. The molecule has 0 unspecified atom stereocenters. The van der Waals surface area contributed by atoms with Gasteiger partial charge in [-0.25, -0.2) is 0 Å². The second-order valence-electron chi connectivity index (χ2n) is 5.47. The van der Waals surface area contributed by atoms with Crippen LogP contribution in [0.5, 0.6) is 0 Å². The molecule has 0 radical (unpaired) electrons. The number of benzene rings is 3. The van der Waals surface area contributed by atoms with Gasteiger partial charge in [-0.3, -0.25) is 4.79 Å². The molecule has 0 bridgehead atoms. The zero-order valence-corrected chi connectivity index (χ0v) is 13.5. The van der Waals surface area contributed by atoms with Gasteiger partial charge in [0.15, 0.2) is 5.78 Å². The fraction of sp³-hybridized carbons (Fsp3) is 0. The predicted molar refractivity (Wildman–Crippen MR) is 100.0 cm³/mol. The van der Waals surface area contributed by atoms with Crippen LogP contribution in [0.15, 0.2) is 91.0 Å². The molecule has 3 heteroatoms. The molecule has 25 heavy (non-hydrogen) atoms. The van der Waals surface area contributed by atoms with Crippen molar-refractivity contribution in [1.82, 2.24) is 0 Å². The minimum atomic E-state index is -0.0802. The Balaban J connectivity index is 1.97. The van der Waals surface area contributed by atoms with Gasteiger partial charge in [-0.2, -0.15) is 5.26 Å². The van der Waals surface area contributed by atoms with E-state index in [1.807, 2.05) is 60.7 Å². The molecule has 3 aromatic carbocycles. The number of nitrogens with one attached hydrogen (secondary N) is 1. The van der Waals surface area contributed by atoms with Gasteiger partial charge in [0.25, 0.3) is 0 Å². The van der Waals surface area contributed by atoms with Gasteiger partial charge in [0.2, 0.25) is 0 Å². The molecular formula is C22H16N2O. The number of ketones is 1. The summed E-state index contributed by atoms with van der Waals surface area (Å²) in [7, 11) is 0. The minimum Gasteiger partial charge on any atom is -0.355 e. The molecule has 0 heterocycles. The van der Waals surface area contributed by atoms with Crippen molar-refractivity contribution in [3.8, 4) is 6.07 Å². The zero-order valence-electron chi connectivity index (χ0n) is 13.5. The summed E-state index contributed by atoms with van der Waals surface area (Å²) in [5.41, 5.74) is 3.62. The number of nitriles is 1. The van der Waals surface area contributed by atoms with Gasteiger partial charge < -0.3 is 5.32 Å². The van der Waals surface area contributed by atoms with E-state index in [1.165, 1.54) is 0 Å². The second kappa shape index (κ2) is 7.76. The third-order valence-corrected chi connectivity index (χ3v) is 3.71. The fourth-order valence-corrected chi connectivity index (χ4v) is 2.41. The Labute approximate surface area is 146 Å². The number of hydrogen-bond acceptors (Lipinski definition) is 3. The summed E-state index contributed by atoms with van der Waals surface area (Å²) in [5, 5.41) is 12.3. The summed E-state index contributed by atoms with van der Waals surface area (Å²) in [4.78, 5) is 12.6.